The van der Waals surface area contributed by atoms with Crippen molar-refractivity contribution in [3.63, 3.8) is 0 Å². The number of hydrogen-bond donors (Lipinski definition) is 2. The van der Waals surface area contributed by atoms with Gasteiger partial charge in [0.2, 0.25) is 0 Å². The molecule has 0 aliphatic carbocycles. The Labute approximate surface area is 141 Å². The van der Waals surface area contributed by atoms with Crippen molar-refractivity contribution in [1.82, 2.24) is 15.1 Å². The SMILES string of the molecule is Cc1ccc(C)c(NC(=S)NCCCn2cc(Cl)c(C)n2)c1. The van der Waals surface area contributed by atoms with Gasteiger partial charge in [0.1, 0.15) is 0 Å². The Balaban J connectivity index is 1.75. The van der Waals surface area contributed by atoms with E-state index in [1.807, 2.05) is 17.8 Å². The number of benzene rings is 1. The first-order valence-corrected chi connectivity index (χ1v) is 8.06. The molecule has 0 spiro atoms. The zero-order valence-electron chi connectivity index (χ0n) is 13.1. The smallest absolute Gasteiger partial charge is 0.170 e. The van der Waals surface area contributed by atoms with Crippen LogP contribution in [0.25, 0.3) is 0 Å². The molecule has 0 aliphatic rings. The lowest BCUT2D eigenvalue weighted by Crippen LogP contribution is -2.30. The second-order valence-corrected chi connectivity index (χ2v) is 6.19. The van der Waals surface area contributed by atoms with Crippen LogP contribution in [0, 0.1) is 20.8 Å². The van der Waals surface area contributed by atoms with Gasteiger partial charge in [0.25, 0.3) is 0 Å². The molecular weight excluding hydrogens is 316 g/mol. The Morgan fingerprint density at radius 3 is 2.77 bits per heavy atom. The highest BCUT2D eigenvalue weighted by Gasteiger charge is 2.03. The average Bonchev–Trinajstić information content (AvgIpc) is 2.78. The summed E-state index contributed by atoms with van der Waals surface area (Å²) in [5.74, 6) is 0. The summed E-state index contributed by atoms with van der Waals surface area (Å²) in [5, 5.41) is 12.1. The number of aromatic nitrogens is 2. The maximum Gasteiger partial charge on any atom is 0.170 e. The van der Waals surface area contributed by atoms with E-state index in [2.05, 4.69) is 47.8 Å². The van der Waals surface area contributed by atoms with Crippen LogP contribution in [0.2, 0.25) is 5.02 Å². The van der Waals surface area contributed by atoms with E-state index in [0.29, 0.717) is 10.1 Å². The van der Waals surface area contributed by atoms with E-state index in [0.717, 1.165) is 30.9 Å². The van der Waals surface area contributed by atoms with E-state index in [-0.39, 0.29) is 0 Å². The zero-order chi connectivity index (χ0) is 16.1. The Morgan fingerprint density at radius 1 is 1.32 bits per heavy atom. The zero-order valence-corrected chi connectivity index (χ0v) is 14.7. The first kappa shape index (κ1) is 16.8. The fourth-order valence-electron chi connectivity index (χ4n) is 2.09. The number of nitrogens with one attached hydrogen (secondary N) is 2. The quantitative estimate of drug-likeness (QED) is 0.643. The van der Waals surface area contributed by atoms with Crippen molar-refractivity contribution in [2.24, 2.45) is 0 Å². The van der Waals surface area contributed by atoms with Crippen molar-refractivity contribution in [2.75, 3.05) is 11.9 Å². The van der Waals surface area contributed by atoms with Crippen molar-refractivity contribution in [1.29, 1.82) is 0 Å². The lowest BCUT2D eigenvalue weighted by molar-refractivity contribution is 0.570. The third-order valence-corrected chi connectivity index (χ3v) is 3.99. The monoisotopic (exact) mass is 336 g/mol. The third kappa shape index (κ3) is 4.71. The predicted octanol–water partition coefficient (Wildman–Crippen LogP) is 3.84. The van der Waals surface area contributed by atoms with Crippen LogP contribution in [0.1, 0.15) is 23.2 Å². The summed E-state index contributed by atoms with van der Waals surface area (Å²) < 4.78 is 1.86. The number of nitrogens with zero attached hydrogens (tertiary/aromatic N) is 2. The van der Waals surface area contributed by atoms with Gasteiger partial charge >= 0.3 is 0 Å². The van der Waals surface area contributed by atoms with Crippen LogP contribution in [-0.2, 0) is 6.54 Å². The molecule has 4 nitrogen and oxygen atoms in total. The van der Waals surface area contributed by atoms with E-state index in [9.17, 15) is 0 Å². The van der Waals surface area contributed by atoms with E-state index < -0.39 is 0 Å². The van der Waals surface area contributed by atoms with Crippen LogP contribution >= 0.6 is 23.8 Å². The van der Waals surface area contributed by atoms with Crippen molar-refractivity contribution in [3.8, 4) is 0 Å². The summed E-state index contributed by atoms with van der Waals surface area (Å²) >= 11 is 11.3. The summed E-state index contributed by atoms with van der Waals surface area (Å²) in [5.41, 5.74) is 4.30. The van der Waals surface area contributed by atoms with Gasteiger partial charge < -0.3 is 10.6 Å². The summed E-state index contributed by atoms with van der Waals surface area (Å²) in [6.45, 7) is 7.63. The molecule has 0 radical (unpaired) electrons. The van der Waals surface area contributed by atoms with Crippen LogP contribution in [0.4, 0.5) is 5.69 Å². The van der Waals surface area contributed by atoms with E-state index in [4.69, 9.17) is 23.8 Å². The molecule has 2 aromatic rings. The number of anilines is 1. The molecule has 1 aromatic heterocycles. The Morgan fingerprint density at radius 2 is 2.09 bits per heavy atom. The van der Waals surface area contributed by atoms with Crippen LogP contribution in [0.15, 0.2) is 24.4 Å². The first-order chi connectivity index (χ1) is 10.5. The largest absolute Gasteiger partial charge is 0.362 e. The Bertz CT molecular complexity index is 647. The second kappa shape index (κ2) is 7.61. The lowest BCUT2D eigenvalue weighted by Gasteiger charge is -2.13. The molecule has 0 bridgehead atoms. The van der Waals surface area contributed by atoms with E-state index >= 15 is 0 Å². The van der Waals surface area contributed by atoms with Crippen molar-refractivity contribution < 1.29 is 0 Å². The molecule has 2 N–H and O–H groups in total. The van der Waals surface area contributed by atoms with Gasteiger partial charge in [0, 0.05) is 25.0 Å². The molecule has 0 saturated carbocycles. The number of thiocarbonyl (C=S) groups is 1. The van der Waals surface area contributed by atoms with Crippen molar-refractivity contribution in [2.45, 2.75) is 33.7 Å². The normalized spacial score (nSPS) is 10.5. The Hall–Kier alpha value is -1.59. The van der Waals surface area contributed by atoms with Gasteiger partial charge in [-0.05, 0) is 56.6 Å². The lowest BCUT2D eigenvalue weighted by atomic mass is 10.1. The maximum absolute atomic E-state index is 5.98. The molecule has 6 heteroatoms. The van der Waals surface area contributed by atoms with Crippen LogP contribution in [-0.4, -0.2) is 21.4 Å². The average molecular weight is 337 g/mol. The van der Waals surface area contributed by atoms with Crippen LogP contribution in [0.3, 0.4) is 0 Å². The topological polar surface area (TPSA) is 41.9 Å². The highest BCUT2D eigenvalue weighted by molar-refractivity contribution is 7.80. The van der Waals surface area contributed by atoms with Gasteiger partial charge in [0.15, 0.2) is 5.11 Å². The molecule has 22 heavy (non-hydrogen) atoms. The number of rotatable bonds is 5. The molecule has 0 unspecified atom stereocenters. The molecule has 0 atom stereocenters. The fourth-order valence-corrected chi connectivity index (χ4v) is 2.45. The van der Waals surface area contributed by atoms with Crippen LogP contribution < -0.4 is 10.6 Å². The minimum absolute atomic E-state index is 0.642. The third-order valence-electron chi connectivity index (χ3n) is 3.38. The number of hydrogen-bond acceptors (Lipinski definition) is 2. The molecule has 0 aliphatic heterocycles. The molecular formula is C16H21ClN4S. The van der Waals surface area contributed by atoms with Crippen molar-refractivity contribution in [3.05, 3.63) is 46.2 Å². The minimum atomic E-state index is 0.642. The Kier molecular flexibility index (Phi) is 5.80. The standard InChI is InChI=1S/C16H21ClN4S/c1-11-5-6-12(2)15(9-11)19-16(22)18-7-4-8-21-10-14(17)13(3)20-21/h5-6,9-10H,4,7-8H2,1-3H3,(H2,18,19,22). The van der Waals surface area contributed by atoms with Gasteiger partial charge in [-0.1, -0.05) is 23.7 Å². The highest BCUT2D eigenvalue weighted by Crippen LogP contribution is 2.16. The molecule has 0 amide bonds. The van der Waals surface area contributed by atoms with Gasteiger partial charge in [-0.25, -0.2) is 0 Å². The summed E-state index contributed by atoms with van der Waals surface area (Å²) in [4.78, 5) is 0. The van der Waals surface area contributed by atoms with Gasteiger partial charge in [0.05, 0.1) is 10.7 Å². The summed E-state index contributed by atoms with van der Waals surface area (Å²) in [6.07, 6.45) is 2.77. The van der Waals surface area contributed by atoms with E-state index in [1.165, 1.54) is 11.1 Å². The molecule has 0 fully saturated rings. The van der Waals surface area contributed by atoms with Crippen LogP contribution in [0.5, 0.6) is 0 Å². The summed E-state index contributed by atoms with van der Waals surface area (Å²) in [7, 11) is 0. The molecule has 1 aromatic carbocycles. The van der Waals surface area contributed by atoms with E-state index in [1.54, 1.807) is 0 Å². The number of halogens is 1. The van der Waals surface area contributed by atoms with Gasteiger partial charge in [-0.15, -0.1) is 0 Å². The van der Waals surface area contributed by atoms with Gasteiger partial charge in [-0.2, -0.15) is 5.10 Å². The first-order valence-electron chi connectivity index (χ1n) is 7.27. The molecule has 118 valence electrons. The molecule has 1 heterocycles. The van der Waals surface area contributed by atoms with Gasteiger partial charge in [-0.3, -0.25) is 4.68 Å². The van der Waals surface area contributed by atoms with Crippen molar-refractivity contribution >= 4 is 34.6 Å². The fraction of sp³-hybridized carbons (Fsp3) is 0.375. The second-order valence-electron chi connectivity index (χ2n) is 5.38. The summed E-state index contributed by atoms with van der Waals surface area (Å²) in [6, 6.07) is 6.27. The molecule has 0 saturated heterocycles. The maximum atomic E-state index is 5.98. The number of aryl methyl sites for hydroxylation is 4. The minimum Gasteiger partial charge on any atom is -0.362 e. The highest BCUT2D eigenvalue weighted by atomic mass is 35.5. The predicted molar refractivity (Wildman–Crippen MR) is 96.7 cm³/mol. The molecule has 2 rings (SSSR count).